The molecule has 9 aromatic rings. The molecule has 0 bridgehead atoms. The molecule has 6 aliphatic rings. The molecule has 15 rings (SSSR count). The van der Waals surface area contributed by atoms with Crippen LogP contribution in [0.1, 0.15) is 156 Å². The first-order valence-electron chi connectivity index (χ1n) is 39.3. The van der Waals surface area contributed by atoms with E-state index in [4.69, 9.17) is 5.73 Å². The summed E-state index contributed by atoms with van der Waals surface area (Å²) in [6.07, 6.45) is -0.195. The molecule has 6 aromatic carbocycles. The number of hydrogen-bond donors (Lipinski definition) is 5. The summed E-state index contributed by atoms with van der Waals surface area (Å²) in [5, 5.41) is 35.0. The molecule has 0 aliphatic carbocycles. The normalized spacial score (nSPS) is 20.6. The van der Waals surface area contributed by atoms with Crippen LogP contribution in [-0.2, 0) is 58.3 Å². The molecule has 3 aromatic heterocycles. The number of benzene rings is 6. The lowest BCUT2D eigenvalue weighted by molar-refractivity contribution is -0.147. The first-order chi connectivity index (χ1) is 54.7. The van der Waals surface area contributed by atoms with E-state index in [1.54, 1.807) is 77.6 Å². The Morgan fingerprint density at radius 3 is 1.33 bits per heavy atom. The molecular weight excluding hydrogens is 1490 g/mol. The minimum absolute atomic E-state index is 0.0437. The van der Waals surface area contributed by atoms with Gasteiger partial charge in [0.25, 0.3) is 17.7 Å². The second kappa shape index (κ2) is 35.4. The zero-order valence-corrected chi connectivity index (χ0v) is 68.8. The van der Waals surface area contributed by atoms with Crippen LogP contribution in [0.15, 0.2) is 167 Å². The van der Waals surface area contributed by atoms with E-state index in [0.717, 1.165) is 76.9 Å². The number of hydrogen-bond acceptors (Lipinski definition) is 18. The summed E-state index contributed by atoms with van der Waals surface area (Å²) in [5.74, 6) is -1.02. The van der Waals surface area contributed by atoms with Gasteiger partial charge in [0.05, 0.1) is 79.1 Å². The number of rotatable bonds is 23. The molecule has 22 nitrogen and oxygen atoms in total. The van der Waals surface area contributed by atoms with Crippen molar-refractivity contribution in [1.82, 2.24) is 49.7 Å². The van der Waals surface area contributed by atoms with E-state index in [0.29, 0.717) is 87.6 Å². The monoisotopic (exact) mass is 1590 g/mol. The largest absolute Gasteiger partial charge is 0.391 e. The van der Waals surface area contributed by atoms with Gasteiger partial charge in [0.1, 0.15) is 29.5 Å². The van der Waals surface area contributed by atoms with E-state index >= 15 is 0 Å². The Kier molecular flexibility index (Phi) is 25.5. The predicted octanol–water partition coefficient (Wildman–Crippen LogP) is 12.1. The summed E-state index contributed by atoms with van der Waals surface area (Å²) in [4.78, 5) is 126. The number of nitrogens with one attached hydrogen (secondary N) is 1. The van der Waals surface area contributed by atoms with E-state index < -0.39 is 48.0 Å². The van der Waals surface area contributed by atoms with Crippen molar-refractivity contribution >= 4 is 81.1 Å². The first kappa shape index (κ1) is 82.0. The number of β-amino-alcohol motifs (C(OH)–C–C–N with tert-alkyl or cyclic N) is 3. The number of aliphatic hydroxyl groups is 3. The summed E-state index contributed by atoms with van der Waals surface area (Å²) < 4.78 is 0. The SMILES string of the molecule is Cc1ncsc1-c1ccc(CCC(=O)C2(C)C[C@@H](O)CN2C(=O)[C@H](C(C)C)N2Cc3ccccc3C2=O)cc1.Cc1ncsc1-c1ccc(CN=C(N)[C@@H]2C[C@@H](O)CN2C(=O)[C@H](C(C)C)N2Cc3ccccc3C2=O)cc1.Cc1ncsc1-c1ccc(CNC[C@@H]2C[C@@H](O)CN2C(=O)[C@H](C(C)C)N2Cc3ccccc3C2=O)cc1. The van der Waals surface area contributed by atoms with Crippen molar-refractivity contribution in [3.05, 3.63) is 229 Å². The lowest BCUT2D eigenvalue weighted by atomic mass is 9.87. The molecule has 0 spiro atoms. The van der Waals surface area contributed by atoms with Crippen LogP contribution >= 0.6 is 34.0 Å². The van der Waals surface area contributed by atoms with Crippen LogP contribution in [0.4, 0.5) is 0 Å². The minimum atomic E-state index is -1.13. The van der Waals surface area contributed by atoms with Gasteiger partial charge in [-0.15, -0.1) is 34.0 Å². The van der Waals surface area contributed by atoms with Gasteiger partial charge in [-0.2, -0.15) is 0 Å². The highest BCUT2D eigenvalue weighted by molar-refractivity contribution is 7.14. The number of Topliss-reactive ketones (excluding diaryl/α,β-unsaturated/α-hetero) is 1. The van der Waals surface area contributed by atoms with Crippen molar-refractivity contribution in [3.63, 3.8) is 0 Å². The Hall–Kier alpha value is -9.99. The molecule has 0 radical (unpaired) electrons. The number of likely N-dealkylation sites (tertiary alicyclic amines) is 3. The third-order valence-corrected chi connectivity index (χ3v) is 25.9. The molecule has 25 heteroatoms. The fourth-order valence-corrected chi connectivity index (χ4v) is 19.4. The van der Waals surface area contributed by atoms with Gasteiger partial charge in [-0.3, -0.25) is 38.6 Å². The van der Waals surface area contributed by atoms with E-state index in [1.807, 2.05) is 164 Å². The van der Waals surface area contributed by atoms with Crippen LogP contribution in [0.3, 0.4) is 0 Å². The van der Waals surface area contributed by atoms with Crippen molar-refractivity contribution in [1.29, 1.82) is 0 Å². The van der Waals surface area contributed by atoms with Crippen LogP contribution in [0.25, 0.3) is 31.3 Å². The molecule has 596 valence electrons. The third-order valence-electron chi connectivity index (χ3n) is 23.0. The molecule has 6 N–H and O–H groups in total. The number of ketones is 1. The van der Waals surface area contributed by atoms with Gasteiger partial charge >= 0.3 is 0 Å². The molecular formula is C89H102N12O10S3. The van der Waals surface area contributed by atoms with Gasteiger partial charge in [-0.25, -0.2) is 15.0 Å². The highest BCUT2D eigenvalue weighted by atomic mass is 32.1. The number of aryl methyl sites for hydroxylation is 4. The average molecular weight is 1600 g/mol. The van der Waals surface area contributed by atoms with Gasteiger partial charge in [-0.05, 0) is 127 Å². The number of carbonyl (C=O) groups excluding carboxylic acids is 7. The number of nitrogens with zero attached hydrogens (tertiary/aromatic N) is 10. The number of amidine groups is 1. The van der Waals surface area contributed by atoms with Gasteiger partial charge in [0, 0.05) is 94.4 Å². The van der Waals surface area contributed by atoms with Crippen LogP contribution in [-0.4, -0.2) is 187 Å². The maximum Gasteiger partial charge on any atom is 0.255 e. The number of thiazole rings is 3. The number of fused-ring (bicyclic) bond motifs is 3. The molecule has 114 heavy (non-hydrogen) atoms. The highest BCUT2D eigenvalue weighted by Gasteiger charge is 2.53. The van der Waals surface area contributed by atoms with Crippen LogP contribution in [0, 0.1) is 38.5 Å². The quantitative estimate of drug-likeness (QED) is 0.0294. The van der Waals surface area contributed by atoms with E-state index in [-0.39, 0.29) is 91.0 Å². The number of aliphatic hydroxyl groups excluding tert-OH is 3. The average Bonchev–Trinajstić information content (AvgIpc) is 1.73. The standard InChI is InChI=1S/C31H35N3O4S.C29H33N5O3S.C29H34N4O3S/c1-19(2)27(33-16-23-7-5-6-8-25(23)29(33)37)30(38)34-17-24(35)15-31(34,4)26(36)14-11-21-9-12-22(13-10-21)28-20(3)32-18-39-28;1-17(2)25(34-14-21-6-4-5-7-23(21)28(34)36)29(37)33-15-22(35)12-24(33)27(30)31-13-19-8-10-20(11-9-19)26-18(3)32-16-38-26;1-18(2)26(33-15-22-6-4-5-7-25(22)28(33)35)29(36)32-16-24(34)12-23(32)14-30-13-20-8-10-21(11-9-20)27-19(3)31-17-37-27/h5-10,12-13,18-19,24,27,35H,11,14-17H2,1-4H3;4-11,16-17,22,24-25,35H,12-15H2,1-3H3,(H2,30,31);4-11,17-18,23-24,26,30,34H,12-16H2,1-3H3/t24-,27+,31?;22-,24+,25+;23-,24+,26-/m110/s1. The molecule has 9 heterocycles. The fraction of sp³-hybridized carbons (Fsp3) is 0.404. The lowest BCUT2D eigenvalue weighted by Crippen LogP contribution is -2.58. The summed E-state index contributed by atoms with van der Waals surface area (Å²) in [6.45, 7) is 22.8. The number of amides is 6. The van der Waals surface area contributed by atoms with Crippen molar-refractivity contribution in [2.75, 3.05) is 26.2 Å². The van der Waals surface area contributed by atoms with Gasteiger partial charge < -0.3 is 55.8 Å². The maximum absolute atomic E-state index is 14.1. The Bertz CT molecular complexity index is 5020. The van der Waals surface area contributed by atoms with Crippen LogP contribution in [0.2, 0.25) is 0 Å². The zero-order chi connectivity index (χ0) is 81.0. The van der Waals surface area contributed by atoms with Gasteiger partial charge in [0.2, 0.25) is 17.7 Å². The summed E-state index contributed by atoms with van der Waals surface area (Å²) in [5.41, 5.74) is 25.2. The lowest BCUT2D eigenvalue weighted by Gasteiger charge is -2.39. The topological polar surface area (TPSA) is 289 Å². The number of carbonyl (C=O) groups is 7. The summed E-state index contributed by atoms with van der Waals surface area (Å²) >= 11 is 4.86. The van der Waals surface area contributed by atoms with Crippen molar-refractivity contribution < 1.29 is 48.9 Å². The van der Waals surface area contributed by atoms with Crippen molar-refractivity contribution in [2.45, 2.75) is 188 Å². The number of aromatic nitrogens is 3. The van der Waals surface area contributed by atoms with E-state index in [1.165, 1.54) is 9.78 Å². The molecule has 3 saturated heterocycles. The molecule has 3 fully saturated rings. The van der Waals surface area contributed by atoms with Crippen LogP contribution < -0.4 is 11.1 Å². The molecule has 1 unspecified atom stereocenters. The fourth-order valence-electron chi connectivity index (χ4n) is 17.0. The molecule has 0 saturated carbocycles. The van der Waals surface area contributed by atoms with E-state index in [2.05, 4.69) is 73.8 Å². The third kappa shape index (κ3) is 17.5. The summed E-state index contributed by atoms with van der Waals surface area (Å²) in [7, 11) is 0. The number of aliphatic imine (C=N–C) groups is 1. The first-order valence-corrected chi connectivity index (χ1v) is 42.0. The Balaban J connectivity index is 0.000000149. The second-order valence-corrected chi connectivity index (χ2v) is 34.6. The predicted molar refractivity (Wildman–Crippen MR) is 445 cm³/mol. The van der Waals surface area contributed by atoms with E-state index in [9.17, 15) is 48.9 Å². The number of nitrogens with two attached hydrogens (primary N) is 1. The second-order valence-electron chi connectivity index (χ2n) is 32.0. The zero-order valence-electron chi connectivity index (χ0n) is 66.3. The van der Waals surface area contributed by atoms with Crippen molar-refractivity contribution in [2.24, 2.45) is 28.5 Å². The van der Waals surface area contributed by atoms with Crippen LogP contribution in [0.5, 0.6) is 0 Å². The Morgan fingerprint density at radius 2 is 0.912 bits per heavy atom. The minimum Gasteiger partial charge on any atom is -0.391 e. The maximum atomic E-state index is 14.1. The molecule has 6 aliphatic heterocycles. The summed E-state index contributed by atoms with van der Waals surface area (Å²) in [6, 6.07) is 44.6. The molecule has 6 amide bonds. The van der Waals surface area contributed by atoms with Gasteiger partial charge in [-0.1, -0.05) is 169 Å². The smallest absolute Gasteiger partial charge is 0.255 e. The highest BCUT2D eigenvalue weighted by Crippen LogP contribution is 2.39. The van der Waals surface area contributed by atoms with Crippen molar-refractivity contribution in [3.8, 4) is 31.3 Å². The Morgan fingerprint density at radius 1 is 0.518 bits per heavy atom. The molecule has 9 atom stereocenters. The Labute approximate surface area is 678 Å². The van der Waals surface area contributed by atoms with Gasteiger partial charge in [0.15, 0.2) is 5.78 Å².